The standard InChI is InChI=1S/C23H28FN5O4S2/c1-23(2,3)15-6-11-19(30)18(12-15)25-21(31)14-34-22-27-26-20(28(22)4)13-29(35(5,32)33)17-9-7-16(24)8-10-17/h6-12,30H,13-14H2,1-5H3,(H,25,31). The van der Waals surface area contributed by atoms with Gasteiger partial charge in [0.2, 0.25) is 15.9 Å². The van der Waals surface area contributed by atoms with Crippen LogP contribution in [0.25, 0.3) is 0 Å². The molecule has 1 heterocycles. The molecule has 3 rings (SSSR count). The zero-order valence-corrected chi connectivity index (χ0v) is 21.7. The second kappa shape index (κ2) is 10.2. The molecule has 0 spiro atoms. The Hall–Kier alpha value is -3.12. The molecule has 1 aromatic heterocycles. The molecule has 9 nitrogen and oxygen atoms in total. The fourth-order valence-corrected chi connectivity index (χ4v) is 4.75. The van der Waals surface area contributed by atoms with Crippen LogP contribution in [-0.4, -0.2) is 46.2 Å². The Morgan fingerprint density at radius 1 is 1.17 bits per heavy atom. The smallest absolute Gasteiger partial charge is 0.234 e. The molecule has 0 aliphatic rings. The fraction of sp³-hybridized carbons (Fsp3) is 0.348. The van der Waals surface area contributed by atoms with Crippen LogP contribution < -0.4 is 9.62 Å². The molecule has 188 valence electrons. The number of nitrogens with one attached hydrogen (secondary N) is 1. The van der Waals surface area contributed by atoms with E-state index in [-0.39, 0.29) is 29.4 Å². The molecule has 3 aromatic rings. The predicted octanol–water partition coefficient (Wildman–Crippen LogP) is 3.65. The lowest BCUT2D eigenvalue weighted by molar-refractivity contribution is -0.113. The summed E-state index contributed by atoms with van der Waals surface area (Å²) in [7, 11) is -2.01. The SMILES string of the molecule is Cn1c(CN(c2ccc(F)cc2)S(C)(=O)=O)nnc1SCC(=O)Nc1cc(C(C)(C)C)ccc1O. The van der Waals surface area contributed by atoms with Gasteiger partial charge >= 0.3 is 0 Å². The average molecular weight is 522 g/mol. The third-order valence-corrected chi connectivity index (χ3v) is 7.35. The monoisotopic (exact) mass is 521 g/mol. The van der Waals surface area contributed by atoms with Gasteiger partial charge in [0.25, 0.3) is 0 Å². The molecule has 0 aliphatic heterocycles. The van der Waals surface area contributed by atoms with Crippen molar-refractivity contribution in [3.63, 3.8) is 0 Å². The minimum absolute atomic E-state index is 0.00108. The largest absolute Gasteiger partial charge is 0.506 e. The number of carbonyl (C=O) groups is 1. The number of aromatic nitrogens is 3. The van der Waals surface area contributed by atoms with Crippen LogP contribution in [0.5, 0.6) is 5.75 Å². The lowest BCUT2D eigenvalue weighted by Crippen LogP contribution is -2.30. The van der Waals surface area contributed by atoms with Crippen molar-refractivity contribution in [2.75, 3.05) is 21.6 Å². The predicted molar refractivity (Wildman–Crippen MR) is 135 cm³/mol. The molecule has 0 aliphatic carbocycles. The van der Waals surface area contributed by atoms with Crippen molar-refractivity contribution in [3.05, 3.63) is 59.7 Å². The number of thioether (sulfide) groups is 1. The van der Waals surface area contributed by atoms with Crippen molar-refractivity contribution in [1.82, 2.24) is 14.8 Å². The van der Waals surface area contributed by atoms with Gasteiger partial charge in [-0.2, -0.15) is 0 Å². The molecule has 12 heteroatoms. The summed E-state index contributed by atoms with van der Waals surface area (Å²) in [5, 5.41) is 21.4. The van der Waals surface area contributed by atoms with Crippen LogP contribution in [0, 0.1) is 5.82 Å². The molecule has 0 saturated carbocycles. The highest BCUT2D eigenvalue weighted by Crippen LogP contribution is 2.31. The van der Waals surface area contributed by atoms with Crippen molar-refractivity contribution in [3.8, 4) is 5.75 Å². The van der Waals surface area contributed by atoms with Gasteiger partial charge in [0, 0.05) is 7.05 Å². The topological polar surface area (TPSA) is 117 Å². The maximum Gasteiger partial charge on any atom is 0.234 e. The number of hydrogen-bond acceptors (Lipinski definition) is 7. The van der Waals surface area contributed by atoms with E-state index in [4.69, 9.17) is 0 Å². The number of nitrogens with zero attached hydrogens (tertiary/aromatic N) is 4. The highest BCUT2D eigenvalue weighted by Gasteiger charge is 2.22. The molecule has 0 atom stereocenters. The molecule has 0 radical (unpaired) electrons. The Morgan fingerprint density at radius 2 is 1.83 bits per heavy atom. The van der Waals surface area contributed by atoms with Gasteiger partial charge in [-0.3, -0.25) is 9.10 Å². The van der Waals surface area contributed by atoms with E-state index >= 15 is 0 Å². The maximum atomic E-state index is 13.3. The number of hydrogen-bond donors (Lipinski definition) is 2. The number of aromatic hydroxyl groups is 1. The summed E-state index contributed by atoms with van der Waals surface area (Å²) in [5.41, 5.74) is 1.44. The normalized spacial score (nSPS) is 11.9. The third kappa shape index (κ3) is 6.73. The first kappa shape index (κ1) is 26.5. The van der Waals surface area contributed by atoms with Gasteiger partial charge in [0.05, 0.1) is 29.9 Å². The Labute approximate surface area is 208 Å². The Morgan fingerprint density at radius 3 is 2.43 bits per heavy atom. The number of sulfonamides is 1. The van der Waals surface area contributed by atoms with E-state index in [2.05, 4.69) is 15.5 Å². The Bertz CT molecular complexity index is 1320. The molecule has 0 fully saturated rings. The van der Waals surface area contributed by atoms with Gasteiger partial charge in [-0.15, -0.1) is 10.2 Å². The number of rotatable bonds is 8. The van der Waals surface area contributed by atoms with Gasteiger partial charge in [0.1, 0.15) is 11.6 Å². The van der Waals surface area contributed by atoms with Gasteiger partial charge in [0.15, 0.2) is 11.0 Å². The van der Waals surface area contributed by atoms with Gasteiger partial charge in [-0.05, 0) is 47.4 Å². The lowest BCUT2D eigenvalue weighted by Gasteiger charge is -2.21. The zero-order valence-electron chi connectivity index (χ0n) is 20.1. The van der Waals surface area contributed by atoms with Crippen LogP contribution in [0.15, 0.2) is 47.6 Å². The lowest BCUT2D eigenvalue weighted by atomic mass is 9.87. The van der Waals surface area contributed by atoms with Crippen molar-refractivity contribution in [2.24, 2.45) is 7.05 Å². The summed E-state index contributed by atoms with van der Waals surface area (Å²) in [6.07, 6.45) is 1.05. The minimum atomic E-state index is -3.68. The summed E-state index contributed by atoms with van der Waals surface area (Å²) in [6, 6.07) is 10.2. The number of phenolic OH excluding ortho intramolecular Hbond substituents is 1. The van der Waals surface area contributed by atoms with E-state index in [0.29, 0.717) is 22.4 Å². The summed E-state index contributed by atoms with van der Waals surface area (Å²) >= 11 is 1.12. The molecule has 2 aromatic carbocycles. The highest BCUT2D eigenvalue weighted by molar-refractivity contribution is 7.99. The summed E-state index contributed by atoms with van der Waals surface area (Å²) in [4.78, 5) is 12.5. The molecule has 1 amide bonds. The molecular formula is C23H28FN5O4S2. The van der Waals surface area contributed by atoms with Crippen LogP contribution >= 0.6 is 11.8 Å². The number of carbonyl (C=O) groups excluding carboxylic acids is 1. The van der Waals surface area contributed by atoms with E-state index in [1.54, 1.807) is 23.7 Å². The van der Waals surface area contributed by atoms with Gasteiger partial charge < -0.3 is 15.0 Å². The van der Waals surface area contributed by atoms with Crippen molar-refractivity contribution < 1.29 is 22.7 Å². The van der Waals surface area contributed by atoms with E-state index < -0.39 is 15.8 Å². The van der Waals surface area contributed by atoms with Crippen LogP contribution in [0.2, 0.25) is 0 Å². The number of anilines is 2. The fourth-order valence-electron chi connectivity index (χ4n) is 3.16. The first-order valence-corrected chi connectivity index (χ1v) is 13.5. The van der Waals surface area contributed by atoms with Crippen LogP contribution in [0.3, 0.4) is 0 Å². The van der Waals surface area contributed by atoms with Crippen LogP contribution in [-0.2, 0) is 33.8 Å². The summed E-state index contributed by atoms with van der Waals surface area (Å²) < 4.78 is 40.6. The first-order valence-electron chi connectivity index (χ1n) is 10.6. The second-order valence-corrected chi connectivity index (χ2v) is 11.9. The Balaban J connectivity index is 1.69. The second-order valence-electron chi connectivity index (χ2n) is 9.02. The Kier molecular flexibility index (Phi) is 7.75. The number of benzene rings is 2. The summed E-state index contributed by atoms with van der Waals surface area (Å²) in [5.74, 6) is -0.503. The third-order valence-electron chi connectivity index (χ3n) is 5.19. The molecule has 0 unspecified atom stereocenters. The quantitative estimate of drug-likeness (QED) is 0.343. The highest BCUT2D eigenvalue weighted by atomic mass is 32.2. The number of phenols is 1. The zero-order chi connectivity index (χ0) is 26.0. The molecule has 0 saturated heterocycles. The van der Waals surface area contributed by atoms with Crippen molar-refractivity contribution >= 4 is 39.1 Å². The molecule has 2 N–H and O–H groups in total. The average Bonchev–Trinajstić information content (AvgIpc) is 3.10. The molecular weight excluding hydrogens is 493 g/mol. The maximum absolute atomic E-state index is 13.3. The van der Waals surface area contributed by atoms with Crippen molar-refractivity contribution in [1.29, 1.82) is 0 Å². The van der Waals surface area contributed by atoms with E-state index in [1.807, 2.05) is 26.8 Å². The minimum Gasteiger partial charge on any atom is -0.506 e. The van der Waals surface area contributed by atoms with E-state index in [9.17, 15) is 22.7 Å². The number of amides is 1. The van der Waals surface area contributed by atoms with Crippen LogP contribution in [0.1, 0.15) is 32.2 Å². The first-order chi connectivity index (χ1) is 16.3. The molecule has 35 heavy (non-hydrogen) atoms. The van der Waals surface area contributed by atoms with Crippen molar-refractivity contribution in [2.45, 2.75) is 37.9 Å². The van der Waals surface area contributed by atoms with Gasteiger partial charge in [-0.25, -0.2) is 12.8 Å². The van der Waals surface area contributed by atoms with E-state index in [1.165, 1.54) is 24.3 Å². The van der Waals surface area contributed by atoms with Crippen LogP contribution in [0.4, 0.5) is 15.8 Å². The number of halogens is 1. The molecule has 0 bridgehead atoms. The van der Waals surface area contributed by atoms with Gasteiger partial charge in [-0.1, -0.05) is 38.6 Å². The summed E-state index contributed by atoms with van der Waals surface area (Å²) in [6.45, 7) is 5.99. The van der Waals surface area contributed by atoms with E-state index in [0.717, 1.165) is 27.9 Å².